The number of nitrogens with one attached hydrogen (secondary N) is 2. The van der Waals surface area contributed by atoms with E-state index in [-0.39, 0.29) is 29.7 Å². The van der Waals surface area contributed by atoms with Crippen molar-refractivity contribution in [3.8, 4) is 0 Å². The van der Waals surface area contributed by atoms with E-state index < -0.39 is 26.6 Å². The average molecular weight is 374 g/mol. The van der Waals surface area contributed by atoms with Crippen molar-refractivity contribution in [1.29, 1.82) is 0 Å². The minimum atomic E-state index is -4.00. The summed E-state index contributed by atoms with van der Waals surface area (Å²) in [6, 6.07) is 1.84. The van der Waals surface area contributed by atoms with Crippen LogP contribution in [0.1, 0.15) is 19.8 Å². The van der Waals surface area contributed by atoms with Crippen LogP contribution in [-0.2, 0) is 14.8 Å². The number of carbonyl (C=O) groups excluding carboxylic acids is 1. The van der Waals surface area contributed by atoms with Crippen LogP contribution in [0.25, 0.3) is 0 Å². The van der Waals surface area contributed by atoms with E-state index in [1.807, 2.05) is 0 Å². The van der Waals surface area contributed by atoms with Crippen molar-refractivity contribution in [3.05, 3.63) is 23.0 Å². The molecule has 0 aliphatic carbocycles. The number of amides is 1. The Morgan fingerprint density at radius 1 is 1.36 bits per heavy atom. The lowest BCUT2D eigenvalue weighted by atomic mass is 10.3. The number of rotatable bonds is 7. The van der Waals surface area contributed by atoms with Crippen LogP contribution < -0.4 is 15.8 Å². The lowest BCUT2D eigenvalue weighted by Crippen LogP contribution is -2.26. The van der Waals surface area contributed by atoms with E-state index in [0.717, 1.165) is 12.1 Å². The molecule has 4 N–H and O–H groups in total. The molecule has 0 atom stereocenters. The van der Waals surface area contributed by atoms with Crippen LogP contribution in [0.3, 0.4) is 0 Å². The molecule has 0 unspecified atom stereocenters. The number of unbranched alkanes of at least 4 members (excludes halogenated alkanes) is 1. The van der Waals surface area contributed by atoms with Gasteiger partial charge in [-0.25, -0.2) is 17.5 Å². The molecule has 1 amide bonds. The summed E-state index contributed by atoms with van der Waals surface area (Å²) in [5, 5.41) is 2.25. The Kier molecular flexibility index (Phi) is 8.87. The second-order valence-corrected chi connectivity index (χ2v) is 6.48. The SMILES string of the molecule is CC(=O)Nc1cc(F)c(S(=O)(=O)NCCCCN)cc1Cl.Cl. The Labute approximate surface area is 140 Å². The molecule has 126 valence electrons. The van der Waals surface area contributed by atoms with Crippen molar-refractivity contribution in [2.24, 2.45) is 5.73 Å². The van der Waals surface area contributed by atoms with Gasteiger partial charge in [0.15, 0.2) is 0 Å². The van der Waals surface area contributed by atoms with Gasteiger partial charge in [-0.05, 0) is 25.5 Å². The summed E-state index contributed by atoms with van der Waals surface area (Å²) in [4.78, 5) is 10.4. The largest absolute Gasteiger partial charge is 0.330 e. The molecular formula is C12H18Cl2FN3O3S. The standard InChI is InChI=1S/C12H17ClFN3O3S.ClH/c1-8(18)17-11-7-10(14)12(6-9(11)13)21(19,20)16-5-3-2-4-15;/h6-7,16H,2-5,15H2,1H3,(H,17,18);1H. The summed E-state index contributed by atoms with van der Waals surface area (Å²) >= 11 is 5.85. The van der Waals surface area contributed by atoms with Gasteiger partial charge in [0, 0.05) is 19.5 Å². The smallest absolute Gasteiger partial charge is 0.243 e. The zero-order valence-corrected chi connectivity index (χ0v) is 14.2. The van der Waals surface area contributed by atoms with E-state index in [1.165, 1.54) is 6.92 Å². The Bertz CT molecular complexity index is 626. The molecule has 0 aromatic heterocycles. The van der Waals surface area contributed by atoms with Crippen molar-refractivity contribution < 1.29 is 17.6 Å². The average Bonchev–Trinajstić information content (AvgIpc) is 2.38. The molecule has 0 spiro atoms. The molecular weight excluding hydrogens is 356 g/mol. The van der Waals surface area contributed by atoms with E-state index in [4.69, 9.17) is 17.3 Å². The monoisotopic (exact) mass is 373 g/mol. The number of carbonyl (C=O) groups is 1. The lowest BCUT2D eigenvalue weighted by molar-refractivity contribution is -0.114. The number of hydrogen-bond acceptors (Lipinski definition) is 4. The summed E-state index contributed by atoms with van der Waals surface area (Å²) in [7, 11) is -4.00. The molecule has 1 aromatic rings. The molecule has 0 saturated heterocycles. The van der Waals surface area contributed by atoms with Gasteiger partial charge >= 0.3 is 0 Å². The normalized spacial score (nSPS) is 10.9. The molecule has 1 rings (SSSR count). The molecule has 0 heterocycles. The first-order chi connectivity index (χ1) is 9.77. The van der Waals surface area contributed by atoms with Gasteiger partial charge in [-0.15, -0.1) is 12.4 Å². The molecule has 0 aliphatic rings. The van der Waals surface area contributed by atoms with Gasteiger partial charge in [-0.2, -0.15) is 0 Å². The molecule has 10 heteroatoms. The first kappa shape index (κ1) is 21.1. The number of nitrogens with two attached hydrogens (primary N) is 1. The Balaban J connectivity index is 0.00000441. The highest BCUT2D eigenvalue weighted by Gasteiger charge is 2.21. The van der Waals surface area contributed by atoms with Crippen LogP contribution in [0.4, 0.5) is 10.1 Å². The van der Waals surface area contributed by atoms with Crippen LogP contribution in [0.5, 0.6) is 0 Å². The molecule has 0 saturated carbocycles. The summed E-state index contributed by atoms with van der Waals surface area (Å²) < 4.78 is 40.1. The number of hydrogen-bond donors (Lipinski definition) is 3. The van der Waals surface area contributed by atoms with Gasteiger partial charge < -0.3 is 11.1 Å². The van der Waals surface area contributed by atoms with Crippen molar-refractivity contribution in [2.75, 3.05) is 18.4 Å². The zero-order chi connectivity index (χ0) is 16.0. The highest BCUT2D eigenvalue weighted by atomic mass is 35.5. The fraction of sp³-hybridized carbons (Fsp3) is 0.417. The van der Waals surface area contributed by atoms with Gasteiger partial charge in [0.25, 0.3) is 0 Å². The Morgan fingerprint density at radius 3 is 2.55 bits per heavy atom. The first-order valence-corrected chi connectivity index (χ1v) is 8.10. The highest BCUT2D eigenvalue weighted by Crippen LogP contribution is 2.28. The van der Waals surface area contributed by atoms with E-state index in [2.05, 4.69) is 10.0 Å². The second kappa shape index (κ2) is 9.26. The third-order valence-corrected chi connectivity index (χ3v) is 4.33. The minimum Gasteiger partial charge on any atom is -0.330 e. The predicted molar refractivity (Wildman–Crippen MR) is 86.4 cm³/mol. The van der Waals surface area contributed by atoms with Crippen LogP contribution in [-0.4, -0.2) is 27.4 Å². The fourth-order valence-corrected chi connectivity index (χ4v) is 3.01. The van der Waals surface area contributed by atoms with Crippen molar-refractivity contribution in [1.82, 2.24) is 4.72 Å². The molecule has 6 nitrogen and oxygen atoms in total. The fourth-order valence-electron chi connectivity index (χ4n) is 1.57. The minimum absolute atomic E-state index is 0. The molecule has 22 heavy (non-hydrogen) atoms. The third-order valence-electron chi connectivity index (χ3n) is 2.54. The topological polar surface area (TPSA) is 101 Å². The third kappa shape index (κ3) is 6.05. The van der Waals surface area contributed by atoms with Gasteiger partial charge in [0.1, 0.15) is 10.7 Å². The van der Waals surface area contributed by atoms with Gasteiger partial charge in [-0.3, -0.25) is 4.79 Å². The van der Waals surface area contributed by atoms with Crippen LogP contribution in [0.15, 0.2) is 17.0 Å². The molecule has 1 aromatic carbocycles. The van der Waals surface area contributed by atoms with Crippen molar-refractivity contribution in [3.63, 3.8) is 0 Å². The van der Waals surface area contributed by atoms with Crippen LogP contribution in [0, 0.1) is 5.82 Å². The molecule has 0 radical (unpaired) electrons. The van der Waals surface area contributed by atoms with Gasteiger partial charge in [0.2, 0.25) is 15.9 Å². The van der Waals surface area contributed by atoms with Crippen molar-refractivity contribution in [2.45, 2.75) is 24.7 Å². The maximum Gasteiger partial charge on any atom is 0.243 e. The van der Waals surface area contributed by atoms with Gasteiger partial charge in [0.05, 0.1) is 10.7 Å². The highest BCUT2D eigenvalue weighted by molar-refractivity contribution is 7.89. The number of sulfonamides is 1. The maximum absolute atomic E-state index is 13.9. The van der Waals surface area contributed by atoms with E-state index in [9.17, 15) is 17.6 Å². The second-order valence-electron chi connectivity index (χ2n) is 4.34. The Morgan fingerprint density at radius 2 is 2.00 bits per heavy atom. The summed E-state index contributed by atoms with van der Waals surface area (Å²) in [6.07, 6.45) is 1.21. The summed E-state index contributed by atoms with van der Waals surface area (Å²) in [5.74, 6) is -1.43. The van der Waals surface area contributed by atoms with E-state index in [1.54, 1.807) is 0 Å². The Hall–Kier alpha value is -0.930. The summed E-state index contributed by atoms with van der Waals surface area (Å²) in [6.45, 7) is 1.84. The van der Waals surface area contributed by atoms with Crippen molar-refractivity contribution >= 4 is 45.6 Å². The van der Waals surface area contributed by atoms with Gasteiger partial charge in [-0.1, -0.05) is 11.6 Å². The number of benzene rings is 1. The number of anilines is 1. The molecule has 0 fully saturated rings. The maximum atomic E-state index is 13.9. The molecule has 0 aliphatic heterocycles. The van der Waals surface area contributed by atoms with Crippen LogP contribution >= 0.6 is 24.0 Å². The predicted octanol–water partition coefficient (Wildman–Crippen LogP) is 1.88. The van der Waals surface area contributed by atoms with E-state index in [0.29, 0.717) is 19.4 Å². The van der Waals surface area contributed by atoms with E-state index >= 15 is 0 Å². The van der Waals surface area contributed by atoms with Crippen LogP contribution in [0.2, 0.25) is 5.02 Å². The lowest BCUT2D eigenvalue weighted by Gasteiger charge is -2.11. The zero-order valence-electron chi connectivity index (χ0n) is 11.9. The first-order valence-electron chi connectivity index (χ1n) is 6.24. The number of halogens is 3. The quantitative estimate of drug-likeness (QED) is 0.635. The summed E-state index contributed by atoms with van der Waals surface area (Å²) in [5.41, 5.74) is 5.32. The molecule has 0 bridgehead atoms.